The van der Waals surface area contributed by atoms with Crippen molar-refractivity contribution in [2.75, 3.05) is 29.9 Å². The molecule has 0 spiro atoms. The number of carbonyl (C=O) groups is 1. The van der Waals surface area contributed by atoms with Crippen LogP contribution in [0.15, 0.2) is 30.5 Å². The van der Waals surface area contributed by atoms with E-state index in [1.807, 2.05) is 43.0 Å². The van der Waals surface area contributed by atoms with Gasteiger partial charge in [-0.1, -0.05) is 26.0 Å². The molecular formula is C20H26ClN5O. The van der Waals surface area contributed by atoms with Crippen molar-refractivity contribution in [1.82, 2.24) is 14.9 Å². The van der Waals surface area contributed by atoms with E-state index < -0.39 is 0 Å². The first-order valence-corrected chi connectivity index (χ1v) is 9.62. The summed E-state index contributed by atoms with van der Waals surface area (Å²) < 4.78 is 0. The minimum Gasteiger partial charge on any atom is -0.353 e. The van der Waals surface area contributed by atoms with Gasteiger partial charge in [0.15, 0.2) is 0 Å². The van der Waals surface area contributed by atoms with Gasteiger partial charge in [0, 0.05) is 31.5 Å². The molecule has 0 saturated carbocycles. The van der Waals surface area contributed by atoms with Crippen LogP contribution in [-0.2, 0) is 0 Å². The van der Waals surface area contributed by atoms with Crippen LogP contribution >= 0.6 is 11.6 Å². The number of aryl methyl sites for hydroxylation is 1. The summed E-state index contributed by atoms with van der Waals surface area (Å²) >= 11 is 5.94. The van der Waals surface area contributed by atoms with Crippen LogP contribution in [-0.4, -0.2) is 46.6 Å². The molecule has 1 aliphatic heterocycles. The van der Waals surface area contributed by atoms with Gasteiger partial charge in [-0.25, -0.2) is 14.8 Å². The Morgan fingerprint density at radius 2 is 2.04 bits per heavy atom. The maximum Gasteiger partial charge on any atom is 0.322 e. The van der Waals surface area contributed by atoms with Gasteiger partial charge in [0.25, 0.3) is 0 Å². The van der Waals surface area contributed by atoms with Gasteiger partial charge in [-0.15, -0.1) is 0 Å². The van der Waals surface area contributed by atoms with Crippen LogP contribution in [0.1, 0.15) is 25.0 Å². The van der Waals surface area contributed by atoms with E-state index in [2.05, 4.69) is 34.0 Å². The molecule has 1 atom stereocenters. The van der Waals surface area contributed by atoms with Crippen molar-refractivity contribution in [2.45, 2.75) is 33.7 Å². The number of urea groups is 1. The molecule has 6 nitrogen and oxygen atoms in total. The fraction of sp³-hybridized carbons (Fsp3) is 0.450. The summed E-state index contributed by atoms with van der Waals surface area (Å²) in [5.74, 6) is 1.12. The van der Waals surface area contributed by atoms with E-state index in [1.54, 1.807) is 6.20 Å². The van der Waals surface area contributed by atoms with Gasteiger partial charge >= 0.3 is 6.03 Å². The molecule has 1 fully saturated rings. The standard InChI is InChI=1S/C20H26ClN5O/c1-13(2)17-12-25(18-8-9-22-19(21)24-18)10-11-26(17)20(27)23-16-7-5-6-14(3)15(16)4/h5-9,13,17H,10-12H2,1-4H3,(H,23,27). The molecule has 1 aromatic carbocycles. The average molecular weight is 388 g/mol. The first kappa shape index (κ1) is 19.4. The molecule has 144 valence electrons. The lowest BCUT2D eigenvalue weighted by atomic mass is 9.99. The molecule has 1 unspecified atom stereocenters. The van der Waals surface area contributed by atoms with Gasteiger partial charge in [0.05, 0.1) is 6.04 Å². The summed E-state index contributed by atoms with van der Waals surface area (Å²) in [5, 5.41) is 3.33. The van der Waals surface area contributed by atoms with Gasteiger partial charge in [-0.3, -0.25) is 0 Å². The molecule has 0 bridgehead atoms. The molecule has 1 aliphatic rings. The second kappa shape index (κ2) is 8.13. The van der Waals surface area contributed by atoms with Crippen molar-refractivity contribution in [1.29, 1.82) is 0 Å². The molecule has 0 radical (unpaired) electrons. The maximum atomic E-state index is 13.0. The lowest BCUT2D eigenvalue weighted by Gasteiger charge is -2.43. The van der Waals surface area contributed by atoms with Crippen molar-refractivity contribution in [3.8, 4) is 0 Å². The zero-order valence-electron chi connectivity index (χ0n) is 16.2. The van der Waals surface area contributed by atoms with Gasteiger partial charge in [-0.05, 0) is 54.6 Å². The van der Waals surface area contributed by atoms with E-state index in [-0.39, 0.29) is 17.4 Å². The summed E-state index contributed by atoms with van der Waals surface area (Å²) in [7, 11) is 0. The maximum absolute atomic E-state index is 13.0. The van der Waals surface area contributed by atoms with Gasteiger partial charge in [-0.2, -0.15) is 0 Å². The summed E-state index contributed by atoms with van der Waals surface area (Å²) in [6, 6.07) is 7.85. The van der Waals surface area contributed by atoms with Crippen molar-refractivity contribution in [3.05, 3.63) is 46.9 Å². The number of nitrogens with one attached hydrogen (secondary N) is 1. The molecule has 0 aliphatic carbocycles. The molecule has 3 rings (SSSR count). The fourth-order valence-corrected chi connectivity index (χ4v) is 3.56. The number of hydrogen-bond acceptors (Lipinski definition) is 4. The van der Waals surface area contributed by atoms with E-state index in [1.165, 1.54) is 5.56 Å². The van der Waals surface area contributed by atoms with Crippen molar-refractivity contribution >= 4 is 29.1 Å². The number of hydrogen-bond donors (Lipinski definition) is 1. The second-order valence-corrected chi connectivity index (χ2v) is 7.65. The van der Waals surface area contributed by atoms with Gasteiger partial charge in [0.2, 0.25) is 5.28 Å². The Labute approximate surface area is 165 Å². The van der Waals surface area contributed by atoms with E-state index in [0.717, 1.165) is 17.1 Å². The normalized spacial score (nSPS) is 17.3. The van der Waals surface area contributed by atoms with Crippen molar-refractivity contribution in [2.24, 2.45) is 5.92 Å². The monoisotopic (exact) mass is 387 g/mol. The minimum atomic E-state index is -0.0530. The zero-order chi connectivity index (χ0) is 19.6. The topological polar surface area (TPSA) is 61.4 Å². The summed E-state index contributed by atoms with van der Waals surface area (Å²) in [6.45, 7) is 10.4. The Balaban J connectivity index is 1.76. The van der Waals surface area contributed by atoms with Crippen LogP contribution < -0.4 is 10.2 Å². The van der Waals surface area contributed by atoms with E-state index in [4.69, 9.17) is 11.6 Å². The van der Waals surface area contributed by atoms with Crippen molar-refractivity contribution < 1.29 is 4.79 Å². The highest BCUT2D eigenvalue weighted by molar-refractivity contribution is 6.28. The Kier molecular flexibility index (Phi) is 5.85. The predicted molar refractivity (Wildman–Crippen MR) is 110 cm³/mol. The lowest BCUT2D eigenvalue weighted by Crippen LogP contribution is -2.58. The number of anilines is 2. The van der Waals surface area contributed by atoms with Crippen LogP contribution in [0.5, 0.6) is 0 Å². The third kappa shape index (κ3) is 4.33. The molecule has 7 heteroatoms. The minimum absolute atomic E-state index is 0.0530. The van der Waals surface area contributed by atoms with Crippen LogP contribution in [0.25, 0.3) is 0 Å². The lowest BCUT2D eigenvalue weighted by molar-refractivity contribution is 0.156. The first-order valence-electron chi connectivity index (χ1n) is 9.24. The summed E-state index contributed by atoms with van der Waals surface area (Å²) in [4.78, 5) is 25.4. The number of aromatic nitrogens is 2. The Morgan fingerprint density at radius 1 is 1.26 bits per heavy atom. The average Bonchev–Trinajstić information content (AvgIpc) is 2.65. The molecule has 2 heterocycles. The molecule has 2 aromatic rings. The predicted octanol–water partition coefficient (Wildman–Crippen LogP) is 4.13. The summed E-state index contributed by atoms with van der Waals surface area (Å²) in [5.41, 5.74) is 3.13. The number of nitrogens with zero attached hydrogens (tertiary/aromatic N) is 4. The highest BCUT2D eigenvalue weighted by Gasteiger charge is 2.33. The van der Waals surface area contributed by atoms with E-state index in [9.17, 15) is 4.79 Å². The highest BCUT2D eigenvalue weighted by Crippen LogP contribution is 2.24. The number of halogens is 1. The van der Waals surface area contributed by atoms with E-state index >= 15 is 0 Å². The third-order valence-electron chi connectivity index (χ3n) is 5.23. The smallest absolute Gasteiger partial charge is 0.322 e. The SMILES string of the molecule is Cc1cccc(NC(=O)N2CCN(c3ccnc(Cl)n3)CC2C(C)C)c1C. The largest absolute Gasteiger partial charge is 0.353 e. The molecule has 1 saturated heterocycles. The van der Waals surface area contributed by atoms with Crippen LogP contribution in [0, 0.1) is 19.8 Å². The molecule has 27 heavy (non-hydrogen) atoms. The number of carbonyl (C=O) groups excluding carboxylic acids is 1. The highest BCUT2D eigenvalue weighted by atomic mass is 35.5. The van der Waals surface area contributed by atoms with Crippen LogP contribution in [0.2, 0.25) is 5.28 Å². The quantitative estimate of drug-likeness (QED) is 0.804. The number of benzene rings is 1. The van der Waals surface area contributed by atoms with Gasteiger partial charge in [0.1, 0.15) is 5.82 Å². The van der Waals surface area contributed by atoms with E-state index in [0.29, 0.717) is 25.6 Å². The zero-order valence-corrected chi connectivity index (χ0v) is 17.0. The summed E-state index contributed by atoms with van der Waals surface area (Å²) in [6.07, 6.45) is 1.66. The fourth-order valence-electron chi connectivity index (χ4n) is 3.42. The molecule has 2 amide bonds. The molecular weight excluding hydrogens is 362 g/mol. The number of rotatable bonds is 3. The molecule has 1 aromatic heterocycles. The Bertz CT molecular complexity index is 826. The number of amides is 2. The Morgan fingerprint density at radius 3 is 2.74 bits per heavy atom. The second-order valence-electron chi connectivity index (χ2n) is 7.31. The number of piperazine rings is 1. The van der Waals surface area contributed by atoms with Crippen LogP contribution in [0.4, 0.5) is 16.3 Å². The molecule has 1 N–H and O–H groups in total. The van der Waals surface area contributed by atoms with Crippen LogP contribution in [0.3, 0.4) is 0 Å². The third-order valence-corrected chi connectivity index (χ3v) is 5.41. The first-order chi connectivity index (χ1) is 12.9. The van der Waals surface area contributed by atoms with Gasteiger partial charge < -0.3 is 15.1 Å². The Hall–Kier alpha value is -2.34. The van der Waals surface area contributed by atoms with Crippen molar-refractivity contribution in [3.63, 3.8) is 0 Å².